The summed E-state index contributed by atoms with van der Waals surface area (Å²) in [5.74, 6) is 0.303. The Labute approximate surface area is 134 Å². The van der Waals surface area contributed by atoms with Gasteiger partial charge in [-0.3, -0.25) is 10.1 Å². The minimum Gasteiger partial charge on any atom is -0.258 e. The normalized spacial score (nSPS) is 10.9. The first-order valence-electron chi connectivity index (χ1n) is 7.46. The molecule has 0 amide bonds. The average Bonchev–Trinajstić information content (AvgIpc) is 3.01. The number of hydrogen-bond acceptors (Lipinski definition) is 3. The minimum atomic E-state index is -0.398. The molecule has 5 nitrogen and oxygen atoms in total. The Bertz CT molecular complexity index is 821. The SMILES string of the molecule is CC(C)c1cc(-c2ccccc2)n(-c2ccc([N+](=O)[O-])cc2)n1. The second kappa shape index (κ2) is 6.04. The maximum Gasteiger partial charge on any atom is 0.269 e. The average molecular weight is 307 g/mol. The Morgan fingerprint density at radius 1 is 1.04 bits per heavy atom. The molecule has 1 heterocycles. The lowest BCUT2D eigenvalue weighted by atomic mass is 10.1. The van der Waals surface area contributed by atoms with Gasteiger partial charge >= 0.3 is 0 Å². The largest absolute Gasteiger partial charge is 0.269 e. The first-order chi connectivity index (χ1) is 11.1. The van der Waals surface area contributed by atoms with Crippen molar-refractivity contribution < 1.29 is 4.92 Å². The van der Waals surface area contributed by atoms with Gasteiger partial charge in [0.15, 0.2) is 0 Å². The van der Waals surface area contributed by atoms with Gasteiger partial charge in [-0.2, -0.15) is 5.10 Å². The van der Waals surface area contributed by atoms with E-state index in [2.05, 4.69) is 25.0 Å². The minimum absolute atomic E-state index is 0.0752. The molecule has 0 fully saturated rings. The van der Waals surface area contributed by atoms with E-state index in [0.717, 1.165) is 22.6 Å². The van der Waals surface area contributed by atoms with Crippen molar-refractivity contribution in [2.24, 2.45) is 0 Å². The third-order valence-electron chi connectivity index (χ3n) is 3.69. The number of hydrogen-bond donors (Lipinski definition) is 0. The molecular formula is C18H17N3O2. The van der Waals surface area contributed by atoms with E-state index in [4.69, 9.17) is 0 Å². The molecule has 0 saturated heterocycles. The molecule has 1 aromatic heterocycles. The van der Waals surface area contributed by atoms with E-state index in [0.29, 0.717) is 5.92 Å². The van der Waals surface area contributed by atoms with Crippen molar-refractivity contribution in [1.82, 2.24) is 9.78 Å². The molecular weight excluding hydrogens is 290 g/mol. The van der Waals surface area contributed by atoms with Crippen LogP contribution in [0.1, 0.15) is 25.5 Å². The molecule has 0 aliphatic heterocycles. The summed E-state index contributed by atoms with van der Waals surface area (Å²) in [5.41, 5.74) is 3.91. The number of nitro benzene ring substituents is 1. The topological polar surface area (TPSA) is 61.0 Å². The fourth-order valence-corrected chi connectivity index (χ4v) is 2.41. The third kappa shape index (κ3) is 2.99. The summed E-state index contributed by atoms with van der Waals surface area (Å²) in [6.07, 6.45) is 0. The van der Waals surface area contributed by atoms with E-state index in [1.165, 1.54) is 12.1 Å². The van der Waals surface area contributed by atoms with Crippen molar-refractivity contribution >= 4 is 5.69 Å². The lowest BCUT2D eigenvalue weighted by Gasteiger charge is -2.07. The molecule has 5 heteroatoms. The molecule has 0 spiro atoms. The Morgan fingerprint density at radius 2 is 1.70 bits per heavy atom. The third-order valence-corrected chi connectivity index (χ3v) is 3.69. The van der Waals surface area contributed by atoms with Gasteiger partial charge in [-0.15, -0.1) is 0 Å². The Balaban J connectivity index is 2.12. The summed E-state index contributed by atoms with van der Waals surface area (Å²) in [6, 6.07) is 18.5. The van der Waals surface area contributed by atoms with E-state index >= 15 is 0 Å². The van der Waals surface area contributed by atoms with Crippen LogP contribution in [0.5, 0.6) is 0 Å². The Kier molecular flexibility index (Phi) is 3.93. The molecule has 0 saturated carbocycles. The van der Waals surface area contributed by atoms with Crippen molar-refractivity contribution in [1.29, 1.82) is 0 Å². The van der Waals surface area contributed by atoms with Gasteiger partial charge in [-0.05, 0) is 24.1 Å². The molecule has 116 valence electrons. The highest BCUT2D eigenvalue weighted by Crippen LogP contribution is 2.27. The molecule has 0 atom stereocenters. The lowest BCUT2D eigenvalue weighted by Crippen LogP contribution is -2.00. The van der Waals surface area contributed by atoms with E-state index in [1.807, 2.05) is 35.0 Å². The maximum absolute atomic E-state index is 10.8. The van der Waals surface area contributed by atoms with Crippen molar-refractivity contribution in [2.75, 3.05) is 0 Å². The number of aromatic nitrogens is 2. The number of benzene rings is 2. The summed E-state index contributed by atoms with van der Waals surface area (Å²) >= 11 is 0. The van der Waals surface area contributed by atoms with Gasteiger partial charge in [0.05, 0.1) is 22.0 Å². The predicted molar refractivity (Wildman–Crippen MR) is 89.7 cm³/mol. The number of non-ortho nitro benzene ring substituents is 1. The van der Waals surface area contributed by atoms with Crippen molar-refractivity contribution in [2.45, 2.75) is 19.8 Å². The fourth-order valence-electron chi connectivity index (χ4n) is 2.41. The summed E-state index contributed by atoms with van der Waals surface area (Å²) in [7, 11) is 0. The quantitative estimate of drug-likeness (QED) is 0.524. The maximum atomic E-state index is 10.8. The van der Waals surface area contributed by atoms with Crippen molar-refractivity contribution in [3.8, 4) is 16.9 Å². The molecule has 0 radical (unpaired) electrons. The monoisotopic (exact) mass is 307 g/mol. The first kappa shape index (κ1) is 15.0. The Morgan fingerprint density at radius 3 is 2.26 bits per heavy atom. The highest BCUT2D eigenvalue weighted by molar-refractivity contribution is 5.63. The van der Waals surface area contributed by atoms with Gasteiger partial charge in [-0.25, -0.2) is 4.68 Å². The smallest absolute Gasteiger partial charge is 0.258 e. The summed E-state index contributed by atoms with van der Waals surface area (Å²) in [5, 5.41) is 15.5. The summed E-state index contributed by atoms with van der Waals surface area (Å²) in [6.45, 7) is 4.19. The molecule has 23 heavy (non-hydrogen) atoms. The zero-order valence-corrected chi connectivity index (χ0v) is 13.0. The summed E-state index contributed by atoms with van der Waals surface area (Å²) < 4.78 is 1.84. The second-order valence-electron chi connectivity index (χ2n) is 5.66. The van der Waals surface area contributed by atoms with Crippen LogP contribution < -0.4 is 0 Å². The van der Waals surface area contributed by atoms with Gasteiger partial charge in [0.25, 0.3) is 5.69 Å². The number of rotatable bonds is 4. The zero-order chi connectivity index (χ0) is 16.4. The standard InChI is InChI=1S/C18H17N3O2/c1-13(2)17-12-18(14-6-4-3-5-7-14)20(19-17)15-8-10-16(11-9-15)21(22)23/h3-13H,1-2H3. The van der Waals surface area contributed by atoms with Crippen LogP contribution in [-0.2, 0) is 0 Å². The second-order valence-corrected chi connectivity index (χ2v) is 5.66. The lowest BCUT2D eigenvalue weighted by molar-refractivity contribution is -0.384. The summed E-state index contributed by atoms with van der Waals surface area (Å²) in [4.78, 5) is 10.4. The van der Waals surface area contributed by atoms with E-state index in [9.17, 15) is 10.1 Å². The van der Waals surface area contributed by atoms with E-state index in [-0.39, 0.29) is 5.69 Å². The fraction of sp³-hybridized carbons (Fsp3) is 0.167. The highest BCUT2D eigenvalue weighted by atomic mass is 16.6. The van der Waals surface area contributed by atoms with Crippen LogP contribution >= 0.6 is 0 Å². The van der Waals surface area contributed by atoms with Gasteiger partial charge in [0, 0.05) is 17.7 Å². The van der Waals surface area contributed by atoms with Crippen molar-refractivity contribution in [3.05, 3.63) is 76.5 Å². The highest BCUT2D eigenvalue weighted by Gasteiger charge is 2.14. The molecule has 0 N–H and O–H groups in total. The van der Waals surface area contributed by atoms with E-state index in [1.54, 1.807) is 12.1 Å². The van der Waals surface area contributed by atoms with Crippen LogP contribution in [0, 0.1) is 10.1 Å². The van der Waals surface area contributed by atoms with E-state index < -0.39 is 4.92 Å². The van der Waals surface area contributed by atoms with Gasteiger partial charge in [0.2, 0.25) is 0 Å². The van der Waals surface area contributed by atoms with Crippen LogP contribution in [0.2, 0.25) is 0 Å². The molecule has 3 aromatic rings. The van der Waals surface area contributed by atoms with Crippen LogP contribution in [0.15, 0.2) is 60.7 Å². The molecule has 0 aliphatic rings. The number of nitro groups is 1. The molecule has 0 bridgehead atoms. The predicted octanol–water partition coefficient (Wildman–Crippen LogP) is 4.57. The van der Waals surface area contributed by atoms with Crippen LogP contribution in [0.3, 0.4) is 0 Å². The van der Waals surface area contributed by atoms with Crippen molar-refractivity contribution in [3.63, 3.8) is 0 Å². The first-order valence-corrected chi connectivity index (χ1v) is 7.46. The molecule has 0 unspecified atom stereocenters. The van der Waals surface area contributed by atoms with Gasteiger partial charge in [0.1, 0.15) is 0 Å². The van der Waals surface area contributed by atoms with Crippen LogP contribution in [0.4, 0.5) is 5.69 Å². The number of nitrogens with zero attached hydrogens (tertiary/aromatic N) is 3. The Hall–Kier alpha value is -2.95. The van der Waals surface area contributed by atoms with Crippen LogP contribution in [0.25, 0.3) is 16.9 Å². The van der Waals surface area contributed by atoms with Crippen LogP contribution in [-0.4, -0.2) is 14.7 Å². The van der Waals surface area contributed by atoms with Gasteiger partial charge in [-0.1, -0.05) is 44.2 Å². The zero-order valence-electron chi connectivity index (χ0n) is 13.0. The molecule has 0 aliphatic carbocycles. The van der Waals surface area contributed by atoms with Gasteiger partial charge < -0.3 is 0 Å². The molecule has 3 rings (SSSR count). The molecule has 2 aromatic carbocycles.